The first-order valence-electron chi connectivity index (χ1n) is 12.3. The summed E-state index contributed by atoms with van der Waals surface area (Å²) in [6.45, 7) is 3.49. The number of aromatic amines is 1. The number of amides is 5. The normalized spacial score (nSPS) is 14.8. The van der Waals surface area contributed by atoms with Crippen LogP contribution < -0.4 is 33.2 Å². The molecule has 0 bridgehead atoms. The van der Waals surface area contributed by atoms with Crippen LogP contribution in [0.4, 0.5) is 0 Å². The molecule has 5 unspecified atom stereocenters. The van der Waals surface area contributed by atoms with Gasteiger partial charge in [-0.05, 0) is 17.5 Å². The molecule has 2 aromatic rings. The third kappa shape index (κ3) is 8.81. The van der Waals surface area contributed by atoms with Gasteiger partial charge in [-0.15, -0.1) is 0 Å². The van der Waals surface area contributed by atoms with Gasteiger partial charge < -0.3 is 43.2 Å². The fourth-order valence-corrected chi connectivity index (χ4v) is 3.94. The van der Waals surface area contributed by atoms with Crippen molar-refractivity contribution in [2.45, 2.75) is 63.7 Å². The Morgan fingerprint density at radius 2 is 1.51 bits per heavy atom. The summed E-state index contributed by atoms with van der Waals surface area (Å²) in [4.78, 5) is 76.3. The van der Waals surface area contributed by atoms with Crippen molar-refractivity contribution in [3.05, 3.63) is 36.0 Å². The zero-order valence-corrected chi connectivity index (χ0v) is 21.7. The predicted octanol–water partition coefficient (Wildman–Crippen LogP) is -1.63. The second kappa shape index (κ2) is 13.9. The SMILES string of the molecule is CCC(C)C(NC(=O)C(N)CC(N)=O)C(=O)NC(Cc1c[nH]c2ccccc12)C(=O)NC(CC(N)=O)C(=O)O. The first-order valence-corrected chi connectivity index (χ1v) is 12.3. The van der Waals surface area contributed by atoms with E-state index in [-0.39, 0.29) is 6.42 Å². The van der Waals surface area contributed by atoms with E-state index in [2.05, 4.69) is 20.9 Å². The number of para-hydroxylation sites is 1. The van der Waals surface area contributed by atoms with Gasteiger partial charge in [0.2, 0.25) is 29.5 Å². The third-order valence-corrected chi connectivity index (χ3v) is 6.30. The maximum Gasteiger partial charge on any atom is 0.326 e. The Morgan fingerprint density at radius 1 is 0.897 bits per heavy atom. The van der Waals surface area contributed by atoms with Crippen LogP contribution in [0.25, 0.3) is 10.9 Å². The van der Waals surface area contributed by atoms with Gasteiger partial charge in [-0.1, -0.05) is 38.5 Å². The number of fused-ring (bicyclic) bond motifs is 1. The molecule has 14 nitrogen and oxygen atoms in total. The van der Waals surface area contributed by atoms with Crippen LogP contribution in [-0.2, 0) is 35.2 Å². The number of primary amides is 2. The van der Waals surface area contributed by atoms with E-state index in [0.717, 1.165) is 10.9 Å². The maximum absolute atomic E-state index is 13.4. The predicted molar refractivity (Wildman–Crippen MR) is 140 cm³/mol. The molecule has 0 aliphatic heterocycles. The van der Waals surface area contributed by atoms with E-state index in [0.29, 0.717) is 12.0 Å². The van der Waals surface area contributed by atoms with Crippen molar-refractivity contribution in [1.29, 1.82) is 0 Å². The standard InChI is InChI=1S/C25H35N7O7/c1-3-12(2)21(32-22(35)15(26)9-19(27)33)24(37)30-17(23(36)31-18(25(38)39)10-20(28)34)8-13-11-29-16-7-5-4-6-14(13)16/h4-7,11-12,15,17-18,21,29H,3,8-10,26H2,1-2H3,(H2,27,33)(H2,28,34)(H,30,37)(H,31,36)(H,32,35)(H,38,39). The summed E-state index contributed by atoms with van der Waals surface area (Å²) in [5.41, 5.74) is 17.4. The van der Waals surface area contributed by atoms with E-state index < -0.39 is 78.4 Å². The first-order chi connectivity index (χ1) is 18.3. The number of benzene rings is 1. The third-order valence-electron chi connectivity index (χ3n) is 6.30. The molecule has 0 aliphatic rings. The van der Waals surface area contributed by atoms with Crippen LogP contribution in [0.15, 0.2) is 30.5 Å². The Balaban J connectivity index is 2.35. The van der Waals surface area contributed by atoms with Gasteiger partial charge in [0, 0.05) is 23.5 Å². The molecule has 39 heavy (non-hydrogen) atoms. The molecule has 5 amide bonds. The van der Waals surface area contributed by atoms with Crippen molar-refractivity contribution in [2.75, 3.05) is 0 Å². The number of aliphatic carboxylic acids is 1. The molecule has 0 radical (unpaired) electrons. The van der Waals surface area contributed by atoms with Crippen LogP contribution in [0.2, 0.25) is 0 Å². The fraction of sp³-hybridized carbons (Fsp3) is 0.440. The molecule has 0 saturated carbocycles. The molecule has 1 heterocycles. The van der Waals surface area contributed by atoms with Crippen molar-refractivity contribution in [2.24, 2.45) is 23.1 Å². The van der Waals surface area contributed by atoms with Gasteiger partial charge in [0.1, 0.15) is 18.1 Å². The van der Waals surface area contributed by atoms with E-state index in [1.165, 1.54) is 0 Å². The molecule has 1 aromatic carbocycles. The molecule has 212 valence electrons. The number of aromatic nitrogens is 1. The number of rotatable bonds is 15. The summed E-state index contributed by atoms with van der Waals surface area (Å²) in [5.74, 6) is -6.00. The second-order valence-electron chi connectivity index (χ2n) is 9.34. The van der Waals surface area contributed by atoms with Gasteiger partial charge in [0.05, 0.1) is 18.9 Å². The van der Waals surface area contributed by atoms with Crippen LogP contribution in [0, 0.1) is 5.92 Å². The van der Waals surface area contributed by atoms with E-state index >= 15 is 0 Å². The van der Waals surface area contributed by atoms with Gasteiger partial charge >= 0.3 is 5.97 Å². The molecule has 2 rings (SSSR count). The van der Waals surface area contributed by atoms with E-state index in [4.69, 9.17) is 17.2 Å². The van der Waals surface area contributed by atoms with E-state index in [9.17, 15) is 33.9 Å². The van der Waals surface area contributed by atoms with Crippen LogP contribution in [0.3, 0.4) is 0 Å². The Kier molecular flexibility index (Phi) is 11.0. The lowest BCUT2D eigenvalue weighted by atomic mass is 9.96. The summed E-state index contributed by atoms with van der Waals surface area (Å²) in [7, 11) is 0. The summed E-state index contributed by atoms with van der Waals surface area (Å²) in [5, 5.41) is 17.6. The fourth-order valence-electron chi connectivity index (χ4n) is 3.94. The lowest BCUT2D eigenvalue weighted by Gasteiger charge is -2.28. The average molecular weight is 546 g/mol. The second-order valence-corrected chi connectivity index (χ2v) is 9.34. The molecular formula is C25H35N7O7. The number of H-pyrrole nitrogens is 1. The minimum Gasteiger partial charge on any atom is -0.480 e. The zero-order chi connectivity index (χ0) is 29.3. The van der Waals surface area contributed by atoms with Gasteiger partial charge in [0.25, 0.3) is 0 Å². The van der Waals surface area contributed by atoms with E-state index in [1.807, 2.05) is 18.2 Å². The van der Waals surface area contributed by atoms with Crippen molar-refractivity contribution in [1.82, 2.24) is 20.9 Å². The molecule has 0 saturated heterocycles. The van der Waals surface area contributed by atoms with Gasteiger partial charge in [-0.3, -0.25) is 24.0 Å². The van der Waals surface area contributed by atoms with Gasteiger partial charge in [-0.25, -0.2) is 4.79 Å². The van der Waals surface area contributed by atoms with Crippen LogP contribution >= 0.6 is 0 Å². The van der Waals surface area contributed by atoms with Crippen molar-refractivity contribution in [3.63, 3.8) is 0 Å². The van der Waals surface area contributed by atoms with E-state index in [1.54, 1.807) is 26.1 Å². The highest BCUT2D eigenvalue weighted by Gasteiger charge is 2.33. The van der Waals surface area contributed by atoms with Crippen LogP contribution in [0.1, 0.15) is 38.7 Å². The van der Waals surface area contributed by atoms with Gasteiger partial charge in [0.15, 0.2) is 0 Å². The van der Waals surface area contributed by atoms with Gasteiger partial charge in [-0.2, -0.15) is 0 Å². The molecule has 0 aliphatic carbocycles. The quantitative estimate of drug-likeness (QED) is 0.129. The minimum absolute atomic E-state index is 0.0488. The Hall–Kier alpha value is -4.46. The Bertz CT molecular complexity index is 1230. The number of carboxylic acids is 1. The van der Waals surface area contributed by atoms with Crippen molar-refractivity contribution in [3.8, 4) is 0 Å². The topological polar surface area (TPSA) is 253 Å². The summed E-state index contributed by atoms with van der Waals surface area (Å²) in [6.07, 6.45) is 0.988. The van der Waals surface area contributed by atoms with Crippen LogP contribution in [-0.4, -0.2) is 69.8 Å². The first kappa shape index (κ1) is 30.8. The molecule has 11 N–H and O–H groups in total. The number of carbonyl (C=O) groups excluding carboxylic acids is 5. The largest absolute Gasteiger partial charge is 0.480 e. The average Bonchev–Trinajstić information content (AvgIpc) is 3.27. The molecule has 0 fully saturated rings. The smallest absolute Gasteiger partial charge is 0.326 e. The summed E-state index contributed by atoms with van der Waals surface area (Å²) in [6, 6.07) is 1.92. The van der Waals surface area contributed by atoms with Crippen molar-refractivity contribution < 1.29 is 33.9 Å². The number of hydrogen-bond acceptors (Lipinski definition) is 7. The number of carbonyl (C=O) groups is 6. The molecular weight excluding hydrogens is 510 g/mol. The monoisotopic (exact) mass is 545 g/mol. The highest BCUT2D eigenvalue weighted by Crippen LogP contribution is 2.20. The Labute approximate surface area is 224 Å². The highest BCUT2D eigenvalue weighted by atomic mass is 16.4. The lowest BCUT2D eigenvalue weighted by molar-refractivity contribution is -0.143. The molecule has 1 aromatic heterocycles. The number of hydrogen-bond donors (Lipinski definition) is 8. The highest BCUT2D eigenvalue weighted by molar-refractivity contribution is 5.96. The van der Waals surface area contributed by atoms with Crippen molar-refractivity contribution >= 4 is 46.4 Å². The molecule has 5 atom stereocenters. The summed E-state index contributed by atoms with van der Waals surface area (Å²) >= 11 is 0. The zero-order valence-electron chi connectivity index (χ0n) is 21.7. The minimum atomic E-state index is -1.62. The number of nitrogens with two attached hydrogens (primary N) is 3. The molecule has 14 heteroatoms. The van der Waals surface area contributed by atoms with Crippen LogP contribution in [0.5, 0.6) is 0 Å². The molecule has 0 spiro atoms. The Morgan fingerprint density at radius 3 is 2.10 bits per heavy atom. The maximum atomic E-state index is 13.4. The lowest BCUT2D eigenvalue weighted by Crippen LogP contribution is -2.59. The number of carboxylic acid groups (broad SMARTS) is 1. The summed E-state index contributed by atoms with van der Waals surface area (Å²) < 4.78 is 0. The number of nitrogens with one attached hydrogen (secondary N) is 4.